The zero-order valence-electron chi connectivity index (χ0n) is 9.55. The lowest BCUT2D eigenvalue weighted by molar-refractivity contribution is 0.0602. The van der Waals surface area contributed by atoms with Crippen LogP contribution in [0.25, 0.3) is 0 Å². The van der Waals surface area contributed by atoms with Crippen LogP contribution in [-0.2, 0) is 11.3 Å². The van der Waals surface area contributed by atoms with Crippen LogP contribution in [0.3, 0.4) is 0 Å². The summed E-state index contributed by atoms with van der Waals surface area (Å²) >= 11 is 0. The van der Waals surface area contributed by atoms with E-state index in [0.29, 0.717) is 5.69 Å². The van der Waals surface area contributed by atoms with Gasteiger partial charge >= 0.3 is 0 Å². The van der Waals surface area contributed by atoms with Crippen LogP contribution in [-0.4, -0.2) is 16.3 Å². The summed E-state index contributed by atoms with van der Waals surface area (Å²) in [6.07, 6.45) is -1.35. The van der Waals surface area contributed by atoms with Crippen molar-refractivity contribution in [1.82, 2.24) is 10.2 Å². The first-order valence-corrected chi connectivity index (χ1v) is 5.03. The van der Waals surface area contributed by atoms with Gasteiger partial charge in [-0.15, -0.1) is 0 Å². The number of hydrogen-bond donors (Lipinski definition) is 1. The molecular formula is C10H18F2N2O. The zero-order valence-corrected chi connectivity index (χ0v) is 9.55. The highest BCUT2D eigenvalue weighted by atomic mass is 19.3. The fourth-order valence-corrected chi connectivity index (χ4v) is 0.876. The first-order chi connectivity index (χ1) is 7.11. The number of rotatable bonds is 4. The Hall–Kier alpha value is -0.970. The van der Waals surface area contributed by atoms with Gasteiger partial charge in [-0.25, -0.2) is 8.78 Å². The van der Waals surface area contributed by atoms with Gasteiger partial charge in [0.05, 0.1) is 30.2 Å². The summed E-state index contributed by atoms with van der Waals surface area (Å²) in [6.45, 7) is 7.84. The molecule has 0 fully saturated rings. The minimum Gasteiger partial charge on any atom is -0.373 e. The maximum Gasteiger partial charge on any atom is 0.267 e. The molecule has 1 N–H and O–H groups in total. The van der Waals surface area contributed by atoms with Crippen LogP contribution in [0.15, 0.2) is 6.20 Å². The Kier molecular flexibility index (Phi) is 6.86. The molecule has 0 aliphatic heterocycles. The molecule has 0 radical (unpaired) electrons. The van der Waals surface area contributed by atoms with Crippen molar-refractivity contribution in [2.45, 2.75) is 46.8 Å². The number of halogens is 2. The predicted molar refractivity (Wildman–Crippen MR) is 54.8 cm³/mol. The summed E-state index contributed by atoms with van der Waals surface area (Å²) in [5, 5.41) is 6.02. The van der Waals surface area contributed by atoms with E-state index in [-0.39, 0.29) is 18.3 Å². The average Bonchev–Trinajstić information content (AvgIpc) is 2.65. The molecule has 0 aliphatic rings. The molecule has 1 heterocycles. The maximum absolute atomic E-state index is 12.3. The number of hydrogen-bond acceptors (Lipinski definition) is 2. The van der Waals surface area contributed by atoms with E-state index in [2.05, 4.69) is 10.2 Å². The van der Waals surface area contributed by atoms with Gasteiger partial charge in [-0.2, -0.15) is 5.10 Å². The minimum absolute atomic E-state index is 0.0221. The summed E-state index contributed by atoms with van der Waals surface area (Å²) in [6, 6.07) is 0. The van der Waals surface area contributed by atoms with Crippen molar-refractivity contribution in [1.29, 1.82) is 0 Å². The van der Waals surface area contributed by atoms with Gasteiger partial charge in [-0.3, -0.25) is 5.10 Å². The molecule has 5 heteroatoms. The largest absolute Gasteiger partial charge is 0.373 e. The van der Waals surface area contributed by atoms with Crippen LogP contribution in [0.2, 0.25) is 0 Å². The van der Waals surface area contributed by atoms with Crippen molar-refractivity contribution in [3.63, 3.8) is 0 Å². The van der Waals surface area contributed by atoms with E-state index < -0.39 is 6.43 Å². The Balaban J connectivity index is 0.000000921. The van der Waals surface area contributed by atoms with Gasteiger partial charge in [0.25, 0.3) is 6.43 Å². The second-order valence-corrected chi connectivity index (χ2v) is 2.96. The van der Waals surface area contributed by atoms with Gasteiger partial charge in [0.15, 0.2) is 0 Å². The average molecular weight is 220 g/mol. The molecule has 3 nitrogen and oxygen atoms in total. The quantitative estimate of drug-likeness (QED) is 0.845. The summed E-state index contributed by atoms with van der Waals surface area (Å²) in [5.41, 5.74) is 0.268. The van der Waals surface area contributed by atoms with E-state index in [1.807, 2.05) is 27.7 Å². The predicted octanol–water partition coefficient (Wildman–Crippen LogP) is 3.30. The summed E-state index contributed by atoms with van der Waals surface area (Å²) in [7, 11) is 0. The minimum atomic E-state index is -2.50. The highest BCUT2D eigenvalue weighted by Crippen LogP contribution is 2.21. The number of aromatic amines is 1. The Morgan fingerprint density at radius 2 is 2.00 bits per heavy atom. The van der Waals surface area contributed by atoms with Crippen molar-refractivity contribution in [3.05, 3.63) is 17.5 Å². The maximum atomic E-state index is 12.3. The third-order valence-electron chi connectivity index (χ3n) is 1.55. The SMILES string of the molecule is CC.CC(C)OCc1[nH]ncc1C(F)F. The lowest BCUT2D eigenvalue weighted by Crippen LogP contribution is -2.04. The lowest BCUT2D eigenvalue weighted by Gasteiger charge is -2.06. The third-order valence-corrected chi connectivity index (χ3v) is 1.55. The molecule has 0 saturated carbocycles. The summed E-state index contributed by atoms with van der Waals surface area (Å²) in [5.74, 6) is 0. The van der Waals surface area contributed by atoms with Gasteiger partial charge in [-0.1, -0.05) is 13.8 Å². The van der Waals surface area contributed by atoms with Crippen molar-refractivity contribution in [3.8, 4) is 0 Å². The van der Waals surface area contributed by atoms with E-state index in [0.717, 1.165) is 6.20 Å². The lowest BCUT2D eigenvalue weighted by atomic mass is 10.2. The van der Waals surface area contributed by atoms with Crippen molar-refractivity contribution < 1.29 is 13.5 Å². The van der Waals surface area contributed by atoms with Crippen LogP contribution in [0.1, 0.15) is 45.4 Å². The van der Waals surface area contributed by atoms with E-state index in [1.165, 1.54) is 0 Å². The molecule has 0 aromatic carbocycles. The number of nitrogens with one attached hydrogen (secondary N) is 1. The van der Waals surface area contributed by atoms with Crippen molar-refractivity contribution in [2.75, 3.05) is 0 Å². The van der Waals surface area contributed by atoms with Gasteiger partial charge in [0, 0.05) is 0 Å². The molecule has 0 saturated heterocycles. The van der Waals surface area contributed by atoms with E-state index in [1.54, 1.807) is 0 Å². The van der Waals surface area contributed by atoms with Crippen LogP contribution in [0, 0.1) is 0 Å². The molecule has 0 unspecified atom stereocenters. The Bertz CT molecular complexity index is 262. The highest BCUT2D eigenvalue weighted by molar-refractivity contribution is 5.16. The molecular weight excluding hydrogens is 202 g/mol. The molecule has 15 heavy (non-hydrogen) atoms. The smallest absolute Gasteiger partial charge is 0.267 e. The number of ether oxygens (including phenoxy) is 1. The Labute approximate surface area is 88.8 Å². The number of nitrogens with zero attached hydrogens (tertiary/aromatic N) is 1. The monoisotopic (exact) mass is 220 g/mol. The van der Waals surface area contributed by atoms with Crippen LogP contribution >= 0.6 is 0 Å². The van der Waals surface area contributed by atoms with Crippen LogP contribution < -0.4 is 0 Å². The first-order valence-electron chi connectivity index (χ1n) is 5.03. The van der Waals surface area contributed by atoms with Gasteiger partial charge in [-0.05, 0) is 13.8 Å². The molecule has 1 rings (SSSR count). The second-order valence-electron chi connectivity index (χ2n) is 2.96. The summed E-state index contributed by atoms with van der Waals surface area (Å²) in [4.78, 5) is 0. The van der Waals surface area contributed by atoms with E-state index in [9.17, 15) is 8.78 Å². The molecule has 1 aromatic rings. The number of H-pyrrole nitrogens is 1. The number of alkyl halides is 2. The van der Waals surface area contributed by atoms with E-state index in [4.69, 9.17) is 4.74 Å². The molecule has 0 atom stereocenters. The number of aromatic nitrogens is 2. The van der Waals surface area contributed by atoms with Crippen molar-refractivity contribution in [2.24, 2.45) is 0 Å². The molecule has 0 bridgehead atoms. The molecule has 0 amide bonds. The fourth-order valence-electron chi connectivity index (χ4n) is 0.876. The molecule has 1 aromatic heterocycles. The standard InChI is InChI=1S/C8H12F2N2O.C2H6/c1-5(2)13-4-7-6(8(9)10)3-11-12-7;1-2/h3,5,8H,4H2,1-2H3,(H,11,12);1-2H3. The first kappa shape index (κ1) is 14.0. The third kappa shape index (κ3) is 4.88. The van der Waals surface area contributed by atoms with Crippen LogP contribution in [0.5, 0.6) is 0 Å². The molecule has 0 spiro atoms. The molecule has 88 valence electrons. The topological polar surface area (TPSA) is 37.9 Å². The zero-order chi connectivity index (χ0) is 11.8. The normalized spacial score (nSPS) is 10.4. The highest BCUT2D eigenvalue weighted by Gasteiger charge is 2.14. The Morgan fingerprint density at radius 1 is 1.40 bits per heavy atom. The van der Waals surface area contributed by atoms with Gasteiger partial charge < -0.3 is 4.74 Å². The van der Waals surface area contributed by atoms with Gasteiger partial charge in [0.2, 0.25) is 0 Å². The fraction of sp³-hybridized carbons (Fsp3) is 0.700. The molecule has 0 aliphatic carbocycles. The van der Waals surface area contributed by atoms with Crippen molar-refractivity contribution >= 4 is 0 Å². The summed E-state index contributed by atoms with van der Waals surface area (Å²) < 4.78 is 29.7. The Morgan fingerprint density at radius 3 is 2.47 bits per heavy atom. The van der Waals surface area contributed by atoms with Crippen LogP contribution in [0.4, 0.5) is 8.78 Å². The van der Waals surface area contributed by atoms with E-state index >= 15 is 0 Å². The van der Waals surface area contributed by atoms with Gasteiger partial charge in [0.1, 0.15) is 0 Å². The second kappa shape index (κ2) is 7.34.